The molecule has 0 atom stereocenters. The highest BCUT2D eigenvalue weighted by Crippen LogP contribution is 2.37. The average Bonchev–Trinajstić information content (AvgIpc) is 3.28. The molecule has 0 radical (unpaired) electrons. The van der Waals surface area contributed by atoms with Gasteiger partial charge in [0, 0.05) is 45.2 Å². The van der Waals surface area contributed by atoms with Crippen molar-refractivity contribution in [2.45, 2.75) is 18.9 Å². The normalized spacial score (nSPS) is 16.2. The highest BCUT2D eigenvalue weighted by atomic mass is 32.1. The number of rotatable bonds is 3. The SMILES string of the molecule is Cn1nc(C(F)(F)F)c2cc(C(=O)N3CCN(Cc4cccc(C(F)(F)F)c4)CC3)sc21. The summed E-state index contributed by atoms with van der Waals surface area (Å²) in [6.45, 7) is 1.87. The molecule has 0 unspecified atom stereocenters. The van der Waals surface area contributed by atoms with Crippen molar-refractivity contribution in [2.75, 3.05) is 26.2 Å². The van der Waals surface area contributed by atoms with Crippen LogP contribution >= 0.6 is 11.3 Å². The zero-order chi connectivity index (χ0) is 23.3. The molecule has 5 nitrogen and oxygen atoms in total. The average molecular weight is 476 g/mol. The van der Waals surface area contributed by atoms with Gasteiger partial charge in [0.2, 0.25) is 0 Å². The number of hydrogen-bond acceptors (Lipinski definition) is 4. The molecule has 0 saturated carbocycles. The molecular weight excluding hydrogens is 458 g/mol. The fraction of sp³-hybridized carbons (Fsp3) is 0.400. The minimum absolute atomic E-state index is 0.100. The first-order valence-corrected chi connectivity index (χ1v) is 10.5. The van der Waals surface area contributed by atoms with Crippen molar-refractivity contribution in [1.82, 2.24) is 19.6 Å². The van der Waals surface area contributed by atoms with Crippen LogP contribution in [0.5, 0.6) is 0 Å². The third kappa shape index (κ3) is 4.46. The summed E-state index contributed by atoms with van der Waals surface area (Å²) in [5.74, 6) is -0.363. The molecule has 1 fully saturated rings. The van der Waals surface area contributed by atoms with Gasteiger partial charge in [-0.3, -0.25) is 14.4 Å². The number of piperazine rings is 1. The summed E-state index contributed by atoms with van der Waals surface area (Å²) in [6.07, 6.45) is -9.02. The lowest BCUT2D eigenvalue weighted by atomic mass is 10.1. The van der Waals surface area contributed by atoms with Crippen molar-refractivity contribution in [3.05, 3.63) is 52.0 Å². The summed E-state index contributed by atoms with van der Waals surface area (Å²) in [6, 6.07) is 6.35. The van der Waals surface area contributed by atoms with Gasteiger partial charge in [-0.2, -0.15) is 31.4 Å². The molecule has 1 aliphatic heterocycles. The Morgan fingerprint density at radius 3 is 2.34 bits per heavy atom. The quantitative estimate of drug-likeness (QED) is 0.518. The molecule has 0 spiro atoms. The minimum Gasteiger partial charge on any atom is -0.335 e. The monoisotopic (exact) mass is 476 g/mol. The number of amides is 1. The summed E-state index contributed by atoms with van der Waals surface area (Å²) in [5, 5.41) is 3.40. The number of carbonyl (C=O) groups excluding carboxylic acids is 1. The number of aryl methyl sites for hydroxylation is 1. The van der Waals surface area contributed by atoms with E-state index in [0.29, 0.717) is 38.3 Å². The Balaban J connectivity index is 1.42. The summed E-state index contributed by atoms with van der Waals surface area (Å²) in [4.78, 5) is 16.8. The molecule has 3 aromatic rings. The van der Waals surface area contributed by atoms with Gasteiger partial charge in [0.05, 0.1) is 10.4 Å². The van der Waals surface area contributed by atoms with E-state index in [-0.39, 0.29) is 21.0 Å². The van der Waals surface area contributed by atoms with Crippen LogP contribution in [0.15, 0.2) is 30.3 Å². The molecule has 2 aromatic heterocycles. The van der Waals surface area contributed by atoms with E-state index in [1.807, 2.05) is 4.90 Å². The maximum atomic E-state index is 13.2. The van der Waals surface area contributed by atoms with Gasteiger partial charge in [-0.15, -0.1) is 11.3 Å². The summed E-state index contributed by atoms with van der Waals surface area (Å²) >= 11 is 0.959. The number of carbonyl (C=O) groups is 1. The first kappa shape index (κ1) is 22.6. The van der Waals surface area contributed by atoms with Crippen LogP contribution in [0.1, 0.15) is 26.5 Å². The number of nitrogens with zero attached hydrogens (tertiary/aromatic N) is 4. The van der Waals surface area contributed by atoms with Crippen molar-refractivity contribution in [1.29, 1.82) is 0 Å². The molecule has 1 amide bonds. The van der Waals surface area contributed by atoms with Gasteiger partial charge in [-0.25, -0.2) is 0 Å². The standard InChI is InChI=1S/C20H18F6N4OS/c1-28-18-14(16(27-28)20(24,25)26)10-15(32-18)17(31)30-7-5-29(6-8-30)11-12-3-2-4-13(9-12)19(21,22)23/h2-4,9-10H,5-8,11H2,1H3. The molecule has 1 saturated heterocycles. The van der Waals surface area contributed by atoms with E-state index >= 15 is 0 Å². The predicted octanol–water partition coefficient (Wildman–Crippen LogP) is 4.63. The molecule has 1 aliphatic rings. The Hall–Kier alpha value is -2.60. The van der Waals surface area contributed by atoms with E-state index in [9.17, 15) is 31.1 Å². The summed E-state index contributed by atoms with van der Waals surface area (Å²) in [5.41, 5.74) is -1.20. The first-order chi connectivity index (χ1) is 14.9. The molecular formula is C20H18F6N4OS. The Labute approximate surface area is 182 Å². The fourth-order valence-electron chi connectivity index (χ4n) is 3.72. The number of benzene rings is 1. The Bertz CT molecular complexity index is 1140. The van der Waals surface area contributed by atoms with Crippen LogP contribution in [0, 0.1) is 0 Å². The van der Waals surface area contributed by atoms with Gasteiger partial charge < -0.3 is 4.90 Å². The number of thiophene rings is 1. The number of alkyl halides is 6. The van der Waals surface area contributed by atoms with Gasteiger partial charge in [0.1, 0.15) is 4.83 Å². The topological polar surface area (TPSA) is 41.4 Å². The lowest BCUT2D eigenvalue weighted by Crippen LogP contribution is -2.48. The van der Waals surface area contributed by atoms with Crippen LogP contribution in [0.25, 0.3) is 10.2 Å². The Morgan fingerprint density at radius 1 is 1.03 bits per heavy atom. The number of fused-ring (bicyclic) bond motifs is 1. The molecule has 1 aromatic carbocycles. The molecule has 0 N–H and O–H groups in total. The lowest BCUT2D eigenvalue weighted by Gasteiger charge is -2.34. The van der Waals surface area contributed by atoms with Gasteiger partial charge in [-0.1, -0.05) is 18.2 Å². The van der Waals surface area contributed by atoms with Crippen molar-refractivity contribution < 1.29 is 31.1 Å². The maximum Gasteiger partial charge on any atom is 0.435 e. The van der Waals surface area contributed by atoms with Gasteiger partial charge in [0.25, 0.3) is 5.91 Å². The molecule has 4 rings (SSSR count). The number of hydrogen-bond donors (Lipinski definition) is 0. The van der Waals surface area contributed by atoms with Crippen LogP contribution in [0.4, 0.5) is 26.3 Å². The van der Waals surface area contributed by atoms with Crippen molar-refractivity contribution in [3.63, 3.8) is 0 Å². The lowest BCUT2D eigenvalue weighted by molar-refractivity contribution is -0.140. The first-order valence-electron chi connectivity index (χ1n) is 9.65. The van der Waals surface area contributed by atoms with E-state index in [2.05, 4.69) is 5.10 Å². The second-order valence-electron chi connectivity index (χ2n) is 7.57. The van der Waals surface area contributed by atoms with Crippen LogP contribution in [0.2, 0.25) is 0 Å². The zero-order valence-corrected chi connectivity index (χ0v) is 17.6. The van der Waals surface area contributed by atoms with Crippen LogP contribution in [0.3, 0.4) is 0 Å². The Kier molecular flexibility index (Phi) is 5.70. The van der Waals surface area contributed by atoms with Crippen molar-refractivity contribution >= 4 is 27.5 Å². The summed E-state index contributed by atoms with van der Waals surface area (Å²) in [7, 11) is 1.40. The van der Waals surface area contributed by atoms with E-state index in [0.717, 1.165) is 28.2 Å². The third-order valence-corrected chi connectivity index (χ3v) is 6.50. The second kappa shape index (κ2) is 8.07. The van der Waals surface area contributed by atoms with Crippen molar-refractivity contribution in [3.8, 4) is 0 Å². The van der Waals surface area contributed by atoms with Crippen LogP contribution in [-0.4, -0.2) is 51.7 Å². The largest absolute Gasteiger partial charge is 0.435 e. The molecule has 0 aliphatic carbocycles. The summed E-state index contributed by atoms with van der Waals surface area (Å²) < 4.78 is 79.3. The smallest absolute Gasteiger partial charge is 0.335 e. The molecule has 0 bridgehead atoms. The number of halogens is 6. The predicted molar refractivity (Wildman–Crippen MR) is 106 cm³/mol. The van der Waals surface area contributed by atoms with Crippen molar-refractivity contribution in [2.24, 2.45) is 7.05 Å². The van der Waals surface area contributed by atoms with Gasteiger partial charge in [-0.05, 0) is 17.7 Å². The Morgan fingerprint density at radius 2 is 1.72 bits per heavy atom. The minimum atomic E-state index is -4.62. The zero-order valence-electron chi connectivity index (χ0n) is 16.8. The van der Waals surface area contributed by atoms with Gasteiger partial charge in [0.15, 0.2) is 5.69 Å². The van der Waals surface area contributed by atoms with Gasteiger partial charge >= 0.3 is 12.4 Å². The fourth-order valence-corrected chi connectivity index (χ4v) is 4.76. The van der Waals surface area contributed by atoms with E-state index in [4.69, 9.17) is 0 Å². The molecule has 32 heavy (non-hydrogen) atoms. The molecule has 172 valence electrons. The molecule has 12 heteroatoms. The highest BCUT2D eigenvalue weighted by molar-refractivity contribution is 7.20. The number of aromatic nitrogens is 2. The maximum absolute atomic E-state index is 13.2. The van der Waals surface area contributed by atoms with E-state index < -0.39 is 23.6 Å². The third-order valence-electron chi connectivity index (χ3n) is 5.31. The van der Waals surface area contributed by atoms with E-state index in [1.54, 1.807) is 11.0 Å². The second-order valence-corrected chi connectivity index (χ2v) is 8.60. The van der Waals surface area contributed by atoms with E-state index in [1.165, 1.54) is 19.2 Å². The van der Waals surface area contributed by atoms with Crippen LogP contribution < -0.4 is 0 Å². The van der Waals surface area contributed by atoms with Crippen LogP contribution in [-0.2, 0) is 25.9 Å². The molecule has 3 heterocycles. The highest BCUT2D eigenvalue weighted by Gasteiger charge is 2.38.